The molecule has 0 amide bonds. The molecule has 2 aromatic rings. The number of rotatable bonds is 4. The Bertz CT molecular complexity index is 741. The number of imidazole rings is 1. The van der Waals surface area contributed by atoms with E-state index in [-0.39, 0.29) is 17.1 Å². The van der Waals surface area contributed by atoms with Crippen LogP contribution in [0.1, 0.15) is 18.3 Å². The molecule has 0 saturated heterocycles. The number of hydrogen-bond donors (Lipinski definition) is 1. The molecule has 1 aromatic carbocycles. The molecule has 0 saturated carbocycles. The highest BCUT2D eigenvalue weighted by Crippen LogP contribution is 2.15. The first-order valence-corrected chi connectivity index (χ1v) is 7.38. The van der Waals surface area contributed by atoms with Gasteiger partial charge in [0.05, 0.1) is 6.54 Å². The van der Waals surface area contributed by atoms with E-state index in [1.165, 1.54) is 16.8 Å². The van der Waals surface area contributed by atoms with Gasteiger partial charge in [-0.2, -0.15) is 0 Å². The first-order chi connectivity index (χ1) is 9.31. The van der Waals surface area contributed by atoms with E-state index in [1.54, 1.807) is 6.92 Å². The van der Waals surface area contributed by atoms with Crippen molar-refractivity contribution in [1.82, 2.24) is 9.55 Å². The highest BCUT2D eigenvalue weighted by molar-refractivity contribution is 7.89. The van der Waals surface area contributed by atoms with E-state index in [1.807, 2.05) is 0 Å². The molecule has 0 fully saturated rings. The summed E-state index contributed by atoms with van der Waals surface area (Å²) >= 11 is 0. The number of hydrogen-bond acceptors (Lipinski definition) is 3. The third-order valence-corrected chi connectivity index (χ3v) is 3.58. The lowest BCUT2D eigenvalue weighted by atomic mass is 10.2. The molecule has 20 heavy (non-hydrogen) atoms. The van der Waals surface area contributed by atoms with Gasteiger partial charge >= 0.3 is 0 Å². The first-order valence-electron chi connectivity index (χ1n) is 5.84. The van der Waals surface area contributed by atoms with Gasteiger partial charge in [0.15, 0.2) is 5.03 Å². The van der Waals surface area contributed by atoms with Gasteiger partial charge in [0.25, 0.3) is 10.0 Å². The minimum absolute atomic E-state index is 0.0534. The zero-order valence-corrected chi connectivity index (χ0v) is 11.5. The van der Waals surface area contributed by atoms with Crippen molar-refractivity contribution in [3.63, 3.8) is 0 Å². The topological polar surface area (TPSA) is 78.0 Å². The summed E-state index contributed by atoms with van der Waals surface area (Å²) in [4.78, 5) is 3.90. The fraction of sp³-hybridized carbons (Fsp3) is 0.250. The van der Waals surface area contributed by atoms with E-state index in [0.29, 0.717) is 12.2 Å². The van der Waals surface area contributed by atoms with Gasteiger partial charge in [-0.05, 0) is 6.07 Å². The second-order valence-electron chi connectivity index (χ2n) is 4.26. The third-order valence-electron chi connectivity index (χ3n) is 2.80. The molecular weight excluding hydrogens is 288 g/mol. The predicted molar refractivity (Wildman–Crippen MR) is 68.4 cm³/mol. The number of aromatic nitrogens is 2. The minimum Gasteiger partial charge on any atom is -0.329 e. The minimum atomic E-state index is -3.91. The summed E-state index contributed by atoms with van der Waals surface area (Å²) in [5.74, 6) is -0.909. The van der Waals surface area contributed by atoms with Gasteiger partial charge in [0, 0.05) is 24.2 Å². The molecule has 0 atom stereocenters. The lowest BCUT2D eigenvalue weighted by Gasteiger charge is -2.07. The van der Waals surface area contributed by atoms with Crippen LogP contribution in [-0.2, 0) is 23.0 Å². The number of primary sulfonamides is 1. The standard InChI is InChI=1S/C12H13F2N3O2S/c1-2-11-16-12(20(15,18)19)7-17(11)6-8-3-4-9(13)5-10(8)14/h3-5,7H,2,6H2,1H3,(H2,15,18,19). The number of aryl methyl sites for hydroxylation is 1. The Balaban J connectivity index is 2.40. The van der Waals surface area contributed by atoms with Crippen molar-refractivity contribution in [2.75, 3.05) is 0 Å². The summed E-state index contributed by atoms with van der Waals surface area (Å²) in [6.45, 7) is 1.84. The van der Waals surface area contributed by atoms with Gasteiger partial charge in [-0.3, -0.25) is 0 Å². The number of benzene rings is 1. The van der Waals surface area contributed by atoms with Gasteiger partial charge in [-0.25, -0.2) is 27.3 Å². The smallest absolute Gasteiger partial charge is 0.257 e. The van der Waals surface area contributed by atoms with E-state index in [2.05, 4.69) is 4.98 Å². The molecule has 2 rings (SSSR count). The third kappa shape index (κ3) is 3.02. The summed E-state index contributed by atoms with van der Waals surface area (Å²) in [6.07, 6.45) is 1.70. The summed E-state index contributed by atoms with van der Waals surface area (Å²) < 4.78 is 50.4. The Labute approximate surface area is 115 Å². The maximum Gasteiger partial charge on any atom is 0.257 e. The molecule has 1 heterocycles. The van der Waals surface area contributed by atoms with Crippen molar-refractivity contribution in [1.29, 1.82) is 0 Å². The average molecular weight is 301 g/mol. The van der Waals surface area contributed by atoms with Crippen molar-refractivity contribution in [2.45, 2.75) is 24.9 Å². The second-order valence-corrected chi connectivity index (χ2v) is 5.77. The van der Waals surface area contributed by atoms with Crippen molar-refractivity contribution < 1.29 is 17.2 Å². The van der Waals surface area contributed by atoms with Crippen LogP contribution in [0, 0.1) is 11.6 Å². The van der Waals surface area contributed by atoms with Crippen molar-refractivity contribution in [3.05, 3.63) is 47.4 Å². The Morgan fingerprint density at radius 1 is 1.35 bits per heavy atom. The molecule has 0 aliphatic rings. The average Bonchev–Trinajstić information content (AvgIpc) is 2.75. The lowest BCUT2D eigenvalue weighted by Crippen LogP contribution is -2.12. The van der Waals surface area contributed by atoms with Crippen molar-refractivity contribution in [2.24, 2.45) is 5.14 Å². The van der Waals surface area contributed by atoms with Gasteiger partial charge in [-0.15, -0.1) is 0 Å². The van der Waals surface area contributed by atoms with E-state index >= 15 is 0 Å². The molecule has 1 aromatic heterocycles. The molecule has 0 spiro atoms. The monoisotopic (exact) mass is 301 g/mol. The zero-order valence-electron chi connectivity index (χ0n) is 10.7. The number of nitrogens with two attached hydrogens (primary N) is 1. The summed E-state index contributed by atoms with van der Waals surface area (Å²) in [6, 6.07) is 3.22. The van der Waals surface area contributed by atoms with E-state index in [4.69, 9.17) is 5.14 Å². The maximum absolute atomic E-state index is 13.6. The van der Waals surface area contributed by atoms with Crippen LogP contribution in [0.25, 0.3) is 0 Å². The van der Waals surface area contributed by atoms with Crippen molar-refractivity contribution in [3.8, 4) is 0 Å². The molecule has 5 nitrogen and oxygen atoms in total. The van der Waals surface area contributed by atoms with E-state index < -0.39 is 21.7 Å². The normalized spacial score (nSPS) is 11.8. The molecule has 108 valence electrons. The van der Waals surface area contributed by atoms with Crippen LogP contribution in [0.2, 0.25) is 0 Å². The molecule has 0 bridgehead atoms. The molecule has 2 N–H and O–H groups in total. The summed E-state index contributed by atoms with van der Waals surface area (Å²) in [5, 5.41) is 4.74. The summed E-state index contributed by atoms with van der Waals surface area (Å²) in [7, 11) is -3.91. The Morgan fingerprint density at radius 2 is 2.05 bits per heavy atom. The van der Waals surface area contributed by atoms with Crippen LogP contribution in [0.3, 0.4) is 0 Å². The van der Waals surface area contributed by atoms with E-state index in [0.717, 1.165) is 12.1 Å². The molecular formula is C12H13F2N3O2S. The maximum atomic E-state index is 13.6. The van der Waals surface area contributed by atoms with Crippen LogP contribution in [0.15, 0.2) is 29.4 Å². The van der Waals surface area contributed by atoms with Gasteiger partial charge in [0.1, 0.15) is 17.5 Å². The van der Waals surface area contributed by atoms with Crippen LogP contribution in [0.5, 0.6) is 0 Å². The Kier molecular flexibility index (Phi) is 3.87. The number of nitrogens with zero attached hydrogens (tertiary/aromatic N) is 2. The van der Waals surface area contributed by atoms with Gasteiger partial charge in [-0.1, -0.05) is 13.0 Å². The van der Waals surface area contributed by atoms with Crippen LogP contribution >= 0.6 is 0 Å². The quantitative estimate of drug-likeness (QED) is 0.927. The number of sulfonamides is 1. The van der Waals surface area contributed by atoms with E-state index in [9.17, 15) is 17.2 Å². The van der Waals surface area contributed by atoms with Crippen LogP contribution in [-0.4, -0.2) is 18.0 Å². The number of halogens is 2. The fourth-order valence-corrected chi connectivity index (χ4v) is 2.32. The highest BCUT2D eigenvalue weighted by atomic mass is 32.2. The van der Waals surface area contributed by atoms with Crippen LogP contribution in [0.4, 0.5) is 8.78 Å². The molecule has 8 heteroatoms. The Morgan fingerprint density at radius 3 is 2.60 bits per heavy atom. The second kappa shape index (κ2) is 5.29. The highest BCUT2D eigenvalue weighted by Gasteiger charge is 2.16. The van der Waals surface area contributed by atoms with Gasteiger partial charge in [0.2, 0.25) is 0 Å². The predicted octanol–water partition coefficient (Wildman–Crippen LogP) is 1.42. The van der Waals surface area contributed by atoms with Crippen LogP contribution < -0.4 is 5.14 Å². The lowest BCUT2D eigenvalue weighted by molar-refractivity contribution is 0.564. The molecule has 0 aliphatic heterocycles. The first kappa shape index (κ1) is 14.6. The molecule has 0 aliphatic carbocycles. The summed E-state index contributed by atoms with van der Waals surface area (Å²) in [5.41, 5.74) is 0.236. The van der Waals surface area contributed by atoms with Crippen molar-refractivity contribution >= 4 is 10.0 Å². The Hall–Kier alpha value is -1.80. The molecule has 0 radical (unpaired) electrons. The fourth-order valence-electron chi connectivity index (χ4n) is 1.82. The SMILES string of the molecule is CCc1nc(S(N)(=O)=O)cn1Cc1ccc(F)cc1F. The molecule has 0 unspecified atom stereocenters. The van der Waals surface area contributed by atoms with Gasteiger partial charge < -0.3 is 4.57 Å². The zero-order chi connectivity index (χ0) is 14.9. The largest absolute Gasteiger partial charge is 0.329 e.